The molecule has 0 N–H and O–H groups in total. The third kappa shape index (κ3) is 2.97. The molecule has 0 saturated carbocycles. The second kappa shape index (κ2) is 5.74. The van der Waals surface area contributed by atoms with E-state index in [1.54, 1.807) is 25.2 Å². The van der Waals surface area contributed by atoms with Crippen molar-refractivity contribution < 1.29 is 4.79 Å². The molecule has 7 heteroatoms. The number of halogens is 3. The van der Waals surface area contributed by atoms with Gasteiger partial charge in [-0.15, -0.1) is 0 Å². The molecule has 1 amide bonds. The average molecular weight is 317 g/mol. The second-order valence-electron chi connectivity index (χ2n) is 3.67. The summed E-state index contributed by atoms with van der Waals surface area (Å²) in [6.45, 7) is 0. The number of nitrogens with zero attached hydrogens (tertiary/aromatic N) is 3. The molecular formula is C12H8Cl3N3O. The summed E-state index contributed by atoms with van der Waals surface area (Å²) in [5.41, 5.74) is 0.682. The van der Waals surface area contributed by atoms with Gasteiger partial charge in [0.1, 0.15) is 5.15 Å². The molecule has 2 rings (SSSR count). The van der Waals surface area contributed by atoms with Gasteiger partial charge < -0.3 is 4.90 Å². The number of carbonyl (C=O) groups is 1. The fourth-order valence-corrected chi connectivity index (χ4v) is 2.07. The average Bonchev–Trinajstić information content (AvgIpc) is 2.40. The number of rotatable bonds is 2. The lowest BCUT2D eigenvalue weighted by molar-refractivity contribution is 0.0993. The smallest absolute Gasteiger partial charge is 0.261 e. The molecule has 0 spiro atoms. The Morgan fingerprint density at radius 3 is 2.63 bits per heavy atom. The van der Waals surface area contributed by atoms with Crippen molar-refractivity contribution in [2.75, 3.05) is 11.9 Å². The van der Waals surface area contributed by atoms with Crippen LogP contribution in [0.1, 0.15) is 10.4 Å². The van der Waals surface area contributed by atoms with Gasteiger partial charge >= 0.3 is 0 Å². The summed E-state index contributed by atoms with van der Waals surface area (Å²) in [4.78, 5) is 21.4. The van der Waals surface area contributed by atoms with Gasteiger partial charge in [-0.25, -0.2) is 9.97 Å². The van der Waals surface area contributed by atoms with E-state index in [1.165, 1.54) is 17.3 Å². The molecule has 0 bridgehead atoms. The third-order valence-corrected chi connectivity index (χ3v) is 3.24. The minimum atomic E-state index is -0.343. The fourth-order valence-electron chi connectivity index (χ4n) is 1.48. The first-order valence-corrected chi connectivity index (χ1v) is 6.33. The van der Waals surface area contributed by atoms with E-state index in [2.05, 4.69) is 9.97 Å². The van der Waals surface area contributed by atoms with Gasteiger partial charge in [-0.2, -0.15) is 0 Å². The number of anilines is 1. The van der Waals surface area contributed by atoms with Crippen molar-refractivity contribution in [2.45, 2.75) is 0 Å². The van der Waals surface area contributed by atoms with Crippen LogP contribution in [0.3, 0.4) is 0 Å². The molecule has 2 heterocycles. The van der Waals surface area contributed by atoms with Crippen molar-refractivity contribution in [1.29, 1.82) is 0 Å². The summed E-state index contributed by atoms with van der Waals surface area (Å²) in [5.74, 6) is -0.343. The standard InChI is InChI=1S/C12H8Cl3N3O/c1-18(9-5-7(13)6-17-11(9)15)12(19)8-3-2-4-16-10(8)14/h2-6H,1H3. The van der Waals surface area contributed by atoms with Crippen LogP contribution < -0.4 is 4.90 Å². The quantitative estimate of drug-likeness (QED) is 0.793. The van der Waals surface area contributed by atoms with Gasteiger partial charge in [-0.1, -0.05) is 34.8 Å². The Kier molecular flexibility index (Phi) is 4.24. The zero-order valence-electron chi connectivity index (χ0n) is 9.77. The van der Waals surface area contributed by atoms with Crippen LogP contribution in [0.4, 0.5) is 5.69 Å². The second-order valence-corrected chi connectivity index (χ2v) is 4.82. The first-order chi connectivity index (χ1) is 9.00. The minimum Gasteiger partial charge on any atom is -0.308 e. The van der Waals surface area contributed by atoms with Gasteiger partial charge in [0.25, 0.3) is 5.91 Å². The molecule has 0 fully saturated rings. The predicted molar refractivity (Wildman–Crippen MR) is 76.2 cm³/mol. The Morgan fingerprint density at radius 2 is 1.95 bits per heavy atom. The van der Waals surface area contributed by atoms with Gasteiger partial charge in [0.05, 0.1) is 16.3 Å². The zero-order chi connectivity index (χ0) is 14.0. The fraction of sp³-hybridized carbons (Fsp3) is 0.0833. The number of aromatic nitrogens is 2. The maximum Gasteiger partial charge on any atom is 0.261 e. The maximum atomic E-state index is 12.3. The van der Waals surface area contributed by atoms with E-state index in [0.29, 0.717) is 10.7 Å². The Morgan fingerprint density at radius 1 is 1.21 bits per heavy atom. The topological polar surface area (TPSA) is 46.1 Å². The summed E-state index contributed by atoms with van der Waals surface area (Å²) in [6.07, 6.45) is 2.91. The molecule has 0 atom stereocenters. The van der Waals surface area contributed by atoms with Crippen LogP contribution in [-0.2, 0) is 0 Å². The van der Waals surface area contributed by atoms with Crippen molar-refractivity contribution >= 4 is 46.4 Å². The normalized spacial score (nSPS) is 10.3. The molecule has 0 aliphatic rings. The molecule has 98 valence electrons. The van der Waals surface area contributed by atoms with Crippen LogP contribution >= 0.6 is 34.8 Å². The molecule has 0 saturated heterocycles. The van der Waals surface area contributed by atoms with Crippen LogP contribution in [-0.4, -0.2) is 22.9 Å². The van der Waals surface area contributed by atoms with E-state index < -0.39 is 0 Å². The minimum absolute atomic E-state index is 0.130. The van der Waals surface area contributed by atoms with Gasteiger partial charge in [-0.05, 0) is 18.2 Å². The van der Waals surface area contributed by atoms with Gasteiger partial charge in [0.15, 0.2) is 5.15 Å². The third-order valence-electron chi connectivity index (χ3n) is 2.44. The number of amides is 1. The SMILES string of the molecule is CN(C(=O)c1cccnc1Cl)c1cc(Cl)cnc1Cl. The largest absolute Gasteiger partial charge is 0.308 e. The number of hydrogen-bond acceptors (Lipinski definition) is 3. The van der Waals surface area contributed by atoms with E-state index in [4.69, 9.17) is 34.8 Å². The van der Waals surface area contributed by atoms with Crippen molar-refractivity contribution in [3.8, 4) is 0 Å². The highest BCUT2D eigenvalue weighted by Crippen LogP contribution is 2.27. The van der Waals surface area contributed by atoms with Gasteiger partial charge in [-0.3, -0.25) is 4.79 Å². The first-order valence-electron chi connectivity index (χ1n) is 5.20. The van der Waals surface area contributed by atoms with Crippen molar-refractivity contribution in [3.63, 3.8) is 0 Å². The molecule has 0 aromatic carbocycles. The highest BCUT2D eigenvalue weighted by atomic mass is 35.5. The summed E-state index contributed by atoms with van der Waals surface area (Å²) < 4.78 is 0. The van der Waals surface area contributed by atoms with Gasteiger partial charge in [0.2, 0.25) is 0 Å². The lowest BCUT2D eigenvalue weighted by Crippen LogP contribution is -2.27. The van der Waals surface area contributed by atoms with Crippen molar-refractivity contribution in [3.05, 3.63) is 51.5 Å². The van der Waals surface area contributed by atoms with E-state index in [0.717, 1.165) is 0 Å². The molecule has 0 aliphatic heterocycles. The Hall–Kier alpha value is -1.36. The van der Waals surface area contributed by atoms with E-state index >= 15 is 0 Å². The van der Waals surface area contributed by atoms with Crippen LogP contribution in [0.25, 0.3) is 0 Å². The number of hydrogen-bond donors (Lipinski definition) is 0. The van der Waals surface area contributed by atoms with Crippen LogP contribution in [0, 0.1) is 0 Å². The molecule has 0 unspecified atom stereocenters. The Labute approximate surface area is 124 Å². The number of pyridine rings is 2. The molecule has 2 aromatic heterocycles. The maximum absolute atomic E-state index is 12.3. The highest BCUT2D eigenvalue weighted by molar-refractivity contribution is 6.36. The Balaban J connectivity index is 2.39. The molecule has 0 radical (unpaired) electrons. The van der Waals surface area contributed by atoms with Crippen LogP contribution in [0.15, 0.2) is 30.6 Å². The molecule has 19 heavy (non-hydrogen) atoms. The molecule has 0 aliphatic carbocycles. The van der Waals surface area contributed by atoms with Crippen molar-refractivity contribution in [2.24, 2.45) is 0 Å². The first kappa shape index (κ1) is 14.1. The van der Waals surface area contributed by atoms with Gasteiger partial charge in [0, 0.05) is 19.4 Å². The summed E-state index contributed by atoms with van der Waals surface area (Å²) in [5, 5.41) is 0.696. The number of carbonyl (C=O) groups excluding carboxylic acids is 1. The van der Waals surface area contributed by atoms with Crippen LogP contribution in [0.2, 0.25) is 15.3 Å². The van der Waals surface area contributed by atoms with Crippen molar-refractivity contribution in [1.82, 2.24) is 9.97 Å². The molecule has 2 aromatic rings. The zero-order valence-corrected chi connectivity index (χ0v) is 12.0. The van der Waals surface area contributed by atoms with E-state index in [-0.39, 0.29) is 21.8 Å². The predicted octanol–water partition coefficient (Wildman–Crippen LogP) is 3.71. The van der Waals surface area contributed by atoms with E-state index in [1.807, 2.05) is 0 Å². The molecular weight excluding hydrogens is 309 g/mol. The molecule has 4 nitrogen and oxygen atoms in total. The highest BCUT2D eigenvalue weighted by Gasteiger charge is 2.19. The lowest BCUT2D eigenvalue weighted by atomic mass is 10.2. The monoisotopic (exact) mass is 315 g/mol. The summed E-state index contributed by atoms with van der Waals surface area (Å²) in [6, 6.07) is 4.77. The lowest BCUT2D eigenvalue weighted by Gasteiger charge is -2.18. The Bertz CT molecular complexity index is 633. The van der Waals surface area contributed by atoms with E-state index in [9.17, 15) is 4.79 Å². The van der Waals surface area contributed by atoms with Crippen LogP contribution in [0.5, 0.6) is 0 Å². The summed E-state index contributed by atoms with van der Waals surface area (Å²) in [7, 11) is 1.56. The summed E-state index contributed by atoms with van der Waals surface area (Å²) >= 11 is 17.7.